The summed E-state index contributed by atoms with van der Waals surface area (Å²) in [5.41, 5.74) is 3.99. The van der Waals surface area contributed by atoms with Crippen LogP contribution < -0.4 is 4.74 Å². The number of rotatable bonds is 4. The molecule has 0 aliphatic heterocycles. The number of carbonyl (C=O) groups is 1. The maximum absolute atomic E-state index is 12.1. The molecule has 1 aromatic heterocycles. The normalized spacial score (nSPS) is 10.4. The Bertz CT molecular complexity index is 984. The molecule has 5 nitrogen and oxygen atoms in total. The number of esters is 1. The first-order chi connectivity index (χ1) is 12.5. The van der Waals surface area contributed by atoms with Crippen LogP contribution >= 0.6 is 11.6 Å². The highest BCUT2D eigenvalue weighted by Crippen LogP contribution is 2.23. The van der Waals surface area contributed by atoms with Crippen LogP contribution in [0, 0.1) is 25.2 Å². The van der Waals surface area contributed by atoms with Crippen molar-refractivity contribution >= 4 is 17.6 Å². The van der Waals surface area contributed by atoms with Crippen molar-refractivity contribution in [2.24, 2.45) is 0 Å². The van der Waals surface area contributed by atoms with Gasteiger partial charge in [0.2, 0.25) is 0 Å². The van der Waals surface area contributed by atoms with Crippen LogP contribution in [0.15, 0.2) is 48.5 Å². The number of nitrogens with zero attached hydrogens (tertiary/aromatic N) is 3. The molecule has 0 unspecified atom stereocenters. The first-order valence-electron chi connectivity index (χ1n) is 7.98. The Morgan fingerprint density at radius 1 is 1.12 bits per heavy atom. The third-order valence-electron chi connectivity index (χ3n) is 4.01. The summed E-state index contributed by atoms with van der Waals surface area (Å²) in [4.78, 5) is 12.1. The second-order valence-electron chi connectivity index (χ2n) is 5.83. The Hall–Kier alpha value is -3.10. The van der Waals surface area contributed by atoms with Crippen molar-refractivity contribution in [3.63, 3.8) is 0 Å². The average molecular weight is 366 g/mol. The molecule has 26 heavy (non-hydrogen) atoms. The van der Waals surface area contributed by atoms with E-state index in [1.807, 2.05) is 31.2 Å². The fourth-order valence-electron chi connectivity index (χ4n) is 2.57. The third kappa shape index (κ3) is 3.76. The first-order valence-corrected chi connectivity index (χ1v) is 8.36. The van der Waals surface area contributed by atoms with Crippen molar-refractivity contribution in [2.45, 2.75) is 20.4 Å². The topological polar surface area (TPSA) is 67.9 Å². The van der Waals surface area contributed by atoms with Crippen LogP contribution in [0.1, 0.15) is 17.0 Å². The van der Waals surface area contributed by atoms with Crippen molar-refractivity contribution < 1.29 is 9.53 Å². The van der Waals surface area contributed by atoms with Crippen LogP contribution in [0.2, 0.25) is 5.02 Å². The van der Waals surface area contributed by atoms with Gasteiger partial charge in [0.05, 0.1) is 28.0 Å². The molecule has 0 fully saturated rings. The lowest BCUT2D eigenvalue weighted by molar-refractivity contribution is -0.135. The predicted octanol–water partition coefficient (Wildman–Crippen LogP) is 4.30. The highest BCUT2D eigenvalue weighted by atomic mass is 35.5. The number of carbonyl (C=O) groups excluding carboxylic acids is 1. The molecule has 0 saturated heterocycles. The van der Waals surface area contributed by atoms with Gasteiger partial charge in [-0.15, -0.1) is 0 Å². The molecule has 6 heteroatoms. The molecule has 3 rings (SSSR count). The van der Waals surface area contributed by atoms with E-state index in [0.717, 1.165) is 16.8 Å². The van der Waals surface area contributed by atoms with E-state index in [0.29, 0.717) is 22.0 Å². The minimum Gasteiger partial charge on any atom is -0.425 e. The number of benzene rings is 2. The smallest absolute Gasteiger partial charge is 0.333 e. The Labute approximate surface area is 156 Å². The summed E-state index contributed by atoms with van der Waals surface area (Å²) in [5, 5.41) is 13.6. The van der Waals surface area contributed by atoms with E-state index < -0.39 is 5.97 Å². The number of aryl methyl sites for hydroxylation is 1. The summed E-state index contributed by atoms with van der Waals surface area (Å²) < 4.78 is 6.90. The molecule has 3 aromatic rings. The highest BCUT2D eigenvalue weighted by Gasteiger charge is 2.13. The monoisotopic (exact) mass is 365 g/mol. The van der Waals surface area contributed by atoms with E-state index in [9.17, 15) is 4.79 Å². The van der Waals surface area contributed by atoms with E-state index >= 15 is 0 Å². The predicted molar refractivity (Wildman–Crippen MR) is 98.9 cm³/mol. The fourth-order valence-corrected chi connectivity index (χ4v) is 2.70. The molecule has 0 N–H and O–H groups in total. The molecule has 0 aliphatic rings. The van der Waals surface area contributed by atoms with Crippen LogP contribution in [0.4, 0.5) is 0 Å². The van der Waals surface area contributed by atoms with Crippen molar-refractivity contribution in [1.29, 1.82) is 5.26 Å². The zero-order chi connectivity index (χ0) is 18.7. The number of halogens is 1. The maximum Gasteiger partial charge on any atom is 0.333 e. The van der Waals surface area contributed by atoms with Crippen molar-refractivity contribution in [3.8, 4) is 22.9 Å². The molecule has 0 bridgehead atoms. The summed E-state index contributed by atoms with van der Waals surface area (Å²) >= 11 is 6.08. The van der Waals surface area contributed by atoms with Gasteiger partial charge < -0.3 is 4.74 Å². The molecular weight excluding hydrogens is 350 g/mol. The summed E-state index contributed by atoms with van der Waals surface area (Å²) in [5.74, 6) is 0.0402. The van der Waals surface area contributed by atoms with Crippen LogP contribution in [0.3, 0.4) is 0 Å². The van der Waals surface area contributed by atoms with E-state index in [2.05, 4.69) is 11.2 Å². The molecule has 0 aliphatic carbocycles. The van der Waals surface area contributed by atoms with Gasteiger partial charge in [-0.1, -0.05) is 35.9 Å². The molecule has 0 saturated carbocycles. The van der Waals surface area contributed by atoms with Gasteiger partial charge in [0, 0.05) is 0 Å². The Morgan fingerprint density at radius 3 is 2.19 bits per heavy atom. The molecule has 2 aromatic carbocycles. The minimum absolute atomic E-state index is 0.00321. The third-order valence-corrected chi connectivity index (χ3v) is 4.55. The summed E-state index contributed by atoms with van der Waals surface area (Å²) in [6.45, 7) is 3.60. The largest absolute Gasteiger partial charge is 0.425 e. The quantitative estimate of drug-likeness (QED) is 0.510. The SMILES string of the molecule is Cc1nn(CC(=O)Oc2ccc(-c3ccc(C#N)cc3)cc2)c(C)c1Cl. The Balaban J connectivity index is 1.67. The lowest BCUT2D eigenvalue weighted by Gasteiger charge is -2.07. The zero-order valence-corrected chi connectivity index (χ0v) is 15.1. The first kappa shape index (κ1) is 17.7. The lowest BCUT2D eigenvalue weighted by Crippen LogP contribution is -2.18. The standard InChI is InChI=1S/C20H16ClN3O2/c1-13-20(21)14(2)24(23-13)12-19(25)26-18-9-7-17(8-10-18)16-5-3-15(11-22)4-6-16/h3-10H,12H2,1-2H3. The van der Waals surface area contributed by atoms with E-state index in [1.165, 1.54) is 4.68 Å². The average Bonchev–Trinajstić information content (AvgIpc) is 2.89. The maximum atomic E-state index is 12.1. The number of ether oxygens (including phenoxy) is 1. The fraction of sp³-hybridized carbons (Fsp3) is 0.150. The molecule has 130 valence electrons. The van der Waals surface area contributed by atoms with Gasteiger partial charge in [0.15, 0.2) is 0 Å². The van der Waals surface area contributed by atoms with E-state index in [4.69, 9.17) is 21.6 Å². The molecule has 0 atom stereocenters. The summed E-state index contributed by atoms with van der Waals surface area (Å²) in [6.07, 6.45) is 0. The van der Waals surface area contributed by atoms with Gasteiger partial charge in [-0.05, 0) is 49.2 Å². The molecule has 0 amide bonds. The second kappa shape index (κ2) is 7.42. The number of nitriles is 1. The molecule has 0 radical (unpaired) electrons. The summed E-state index contributed by atoms with van der Waals surface area (Å²) in [6, 6.07) is 16.6. The number of hydrogen-bond donors (Lipinski definition) is 0. The minimum atomic E-state index is -0.418. The van der Waals surface area contributed by atoms with E-state index in [1.54, 1.807) is 31.2 Å². The van der Waals surface area contributed by atoms with Crippen LogP contribution in [0.5, 0.6) is 5.75 Å². The highest BCUT2D eigenvalue weighted by molar-refractivity contribution is 6.31. The van der Waals surface area contributed by atoms with Gasteiger partial charge in [0.25, 0.3) is 0 Å². The van der Waals surface area contributed by atoms with Gasteiger partial charge in [0.1, 0.15) is 12.3 Å². The van der Waals surface area contributed by atoms with Crippen LogP contribution in [-0.2, 0) is 11.3 Å². The van der Waals surface area contributed by atoms with Gasteiger partial charge in [-0.3, -0.25) is 4.68 Å². The second-order valence-corrected chi connectivity index (χ2v) is 6.21. The van der Waals surface area contributed by atoms with Gasteiger partial charge in [-0.25, -0.2) is 4.79 Å². The Kier molecular flexibility index (Phi) is 5.06. The number of hydrogen-bond acceptors (Lipinski definition) is 4. The van der Waals surface area contributed by atoms with Crippen molar-refractivity contribution in [3.05, 3.63) is 70.5 Å². The van der Waals surface area contributed by atoms with Crippen LogP contribution in [-0.4, -0.2) is 15.7 Å². The molecular formula is C20H16ClN3O2. The van der Waals surface area contributed by atoms with Gasteiger partial charge in [-0.2, -0.15) is 10.4 Å². The Morgan fingerprint density at radius 2 is 1.69 bits per heavy atom. The zero-order valence-electron chi connectivity index (χ0n) is 14.4. The lowest BCUT2D eigenvalue weighted by atomic mass is 10.0. The summed E-state index contributed by atoms with van der Waals surface area (Å²) in [7, 11) is 0. The molecule has 0 spiro atoms. The van der Waals surface area contributed by atoms with Gasteiger partial charge >= 0.3 is 5.97 Å². The van der Waals surface area contributed by atoms with E-state index in [-0.39, 0.29) is 6.54 Å². The van der Waals surface area contributed by atoms with Crippen molar-refractivity contribution in [1.82, 2.24) is 9.78 Å². The van der Waals surface area contributed by atoms with Crippen LogP contribution in [0.25, 0.3) is 11.1 Å². The van der Waals surface area contributed by atoms with Crippen molar-refractivity contribution in [2.75, 3.05) is 0 Å². The molecule has 1 heterocycles. The number of aromatic nitrogens is 2.